The van der Waals surface area contributed by atoms with Gasteiger partial charge in [0.05, 0.1) is 11.3 Å². The minimum atomic E-state index is -2.98. The van der Waals surface area contributed by atoms with Crippen molar-refractivity contribution in [2.24, 2.45) is 0 Å². The van der Waals surface area contributed by atoms with Gasteiger partial charge in [-0.05, 0) is 24.3 Å². The van der Waals surface area contributed by atoms with Gasteiger partial charge < -0.3 is 15.8 Å². The lowest BCUT2D eigenvalue weighted by Crippen LogP contribution is -2.16. The van der Waals surface area contributed by atoms with Crippen LogP contribution in [0.1, 0.15) is 10.4 Å². The first-order valence-corrected chi connectivity index (χ1v) is 5.63. The number of pyridine rings is 1. The highest BCUT2D eigenvalue weighted by Gasteiger charge is 2.14. The summed E-state index contributed by atoms with van der Waals surface area (Å²) in [5.74, 6) is -0.628. The lowest BCUT2D eigenvalue weighted by molar-refractivity contribution is -0.0493. The van der Waals surface area contributed by atoms with Crippen LogP contribution in [-0.4, -0.2) is 17.5 Å². The van der Waals surface area contributed by atoms with Gasteiger partial charge in [-0.3, -0.25) is 4.79 Å². The van der Waals surface area contributed by atoms with Crippen molar-refractivity contribution in [2.75, 3.05) is 11.1 Å². The summed E-state index contributed by atoms with van der Waals surface area (Å²) >= 11 is 0. The molecule has 20 heavy (non-hydrogen) atoms. The van der Waals surface area contributed by atoms with Crippen molar-refractivity contribution in [2.45, 2.75) is 6.61 Å². The van der Waals surface area contributed by atoms with Crippen molar-refractivity contribution in [1.82, 2.24) is 4.98 Å². The molecule has 7 heteroatoms. The summed E-state index contributed by atoms with van der Waals surface area (Å²) in [5.41, 5.74) is 5.85. The highest BCUT2D eigenvalue weighted by atomic mass is 19.3. The number of halogens is 2. The van der Waals surface area contributed by atoms with Gasteiger partial charge in [-0.25, -0.2) is 4.98 Å². The van der Waals surface area contributed by atoms with Crippen molar-refractivity contribution < 1.29 is 18.3 Å². The molecule has 0 aliphatic rings. The summed E-state index contributed by atoms with van der Waals surface area (Å²) in [7, 11) is 0. The molecule has 0 bridgehead atoms. The van der Waals surface area contributed by atoms with E-state index in [9.17, 15) is 13.6 Å². The minimum absolute atomic E-state index is 0.0530. The summed E-state index contributed by atoms with van der Waals surface area (Å²) < 4.78 is 28.8. The Labute approximate surface area is 113 Å². The second kappa shape index (κ2) is 5.96. The Morgan fingerprint density at radius 3 is 2.70 bits per heavy atom. The van der Waals surface area contributed by atoms with Gasteiger partial charge in [-0.2, -0.15) is 8.78 Å². The van der Waals surface area contributed by atoms with Crippen LogP contribution >= 0.6 is 0 Å². The van der Waals surface area contributed by atoms with Crippen LogP contribution in [-0.2, 0) is 0 Å². The van der Waals surface area contributed by atoms with Crippen molar-refractivity contribution in [1.29, 1.82) is 0 Å². The summed E-state index contributed by atoms with van der Waals surface area (Å²) in [4.78, 5) is 15.8. The molecular formula is C13H11F2N3O2. The molecule has 0 saturated heterocycles. The van der Waals surface area contributed by atoms with Crippen molar-refractivity contribution in [3.05, 3.63) is 48.2 Å². The highest BCUT2D eigenvalue weighted by molar-refractivity contribution is 6.07. The Kier molecular flexibility index (Phi) is 4.09. The summed E-state index contributed by atoms with van der Waals surface area (Å²) in [5, 5.41) is 2.46. The molecule has 2 rings (SSSR count). The van der Waals surface area contributed by atoms with Gasteiger partial charge in [0.25, 0.3) is 5.91 Å². The second-order valence-electron chi connectivity index (χ2n) is 3.76. The molecule has 1 heterocycles. The number of para-hydroxylation sites is 2. The van der Waals surface area contributed by atoms with Crippen LogP contribution in [0.15, 0.2) is 42.6 Å². The maximum Gasteiger partial charge on any atom is 0.387 e. The van der Waals surface area contributed by atoms with Crippen LogP contribution in [0.25, 0.3) is 0 Å². The molecule has 0 fully saturated rings. The quantitative estimate of drug-likeness (QED) is 0.901. The smallest absolute Gasteiger partial charge is 0.387 e. The fraction of sp³-hybridized carbons (Fsp3) is 0.0769. The number of nitrogens with one attached hydrogen (secondary N) is 1. The second-order valence-corrected chi connectivity index (χ2v) is 3.76. The molecule has 104 valence electrons. The standard InChI is InChI=1S/C13H11F2N3O2/c14-13(15)20-10-6-2-1-5-9(10)18-12(19)8-4-3-7-17-11(8)16/h1-7,13H,(H2,16,17)(H,18,19). The van der Waals surface area contributed by atoms with E-state index in [1.54, 1.807) is 12.1 Å². The zero-order valence-electron chi connectivity index (χ0n) is 10.2. The third kappa shape index (κ3) is 3.19. The van der Waals surface area contributed by atoms with Crippen LogP contribution in [0.3, 0.4) is 0 Å². The zero-order valence-corrected chi connectivity index (χ0v) is 10.2. The molecule has 0 spiro atoms. The summed E-state index contributed by atoms with van der Waals surface area (Å²) in [6.45, 7) is -2.98. The molecule has 1 amide bonds. The monoisotopic (exact) mass is 279 g/mol. The first-order valence-electron chi connectivity index (χ1n) is 5.63. The van der Waals surface area contributed by atoms with E-state index in [2.05, 4.69) is 15.0 Å². The molecule has 2 aromatic rings. The van der Waals surface area contributed by atoms with Crippen LogP contribution < -0.4 is 15.8 Å². The normalized spacial score (nSPS) is 10.3. The maximum atomic E-state index is 12.3. The average Bonchev–Trinajstić information content (AvgIpc) is 2.41. The van der Waals surface area contributed by atoms with Crippen molar-refractivity contribution in [3.8, 4) is 5.75 Å². The van der Waals surface area contributed by atoms with Crippen LogP contribution in [0.5, 0.6) is 5.75 Å². The molecule has 0 aliphatic heterocycles. The van der Waals surface area contributed by atoms with Gasteiger partial charge in [0.2, 0.25) is 0 Å². The number of alkyl halides is 2. The molecule has 0 saturated carbocycles. The van der Waals surface area contributed by atoms with E-state index in [-0.39, 0.29) is 22.8 Å². The molecule has 5 nitrogen and oxygen atoms in total. The molecule has 1 aromatic carbocycles. The number of nitrogens with two attached hydrogens (primary N) is 1. The fourth-order valence-corrected chi connectivity index (χ4v) is 1.57. The Balaban J connectivity index is 2.22. The highest BCUT2D eigenvalue weighted by Crippen LogP contribution is 2.26. The predicted octanol–water partition coefficient (Wildman–Crippen LogP) is 2.52. The first-order chi connectivity index (χ1) is 9.58. The molecule has 0 aliphatic carbocycles. The predicted molar refractivity (Wildman–Crippen MR) is 69.7 cm³/mol. The van der Waals surface area contributed by atoms with Crippen molar-refractivity contribution in [3.63, 3.8) is 0 Å². The molecule has 0 atom stereocenters. The number of rotatable bonds is 4. The van der Waals surface area contributed by atoms with E-state index in [1.807, 2.05) is 0 Å². The number of nitrogens with zero attached hydrogens (tertiary/aromatic N) is 1. The van der Waals surface area contributed by atoms with Gasteiger partial charge in [0, 0.05) is 6.20 Å². The molecule has 0 unspecified atom stereocenters. The lowest BCUT2D eigenvalue weighted by atomic mass is 10.2. The fourth-order valence-electron chi connectivity index (χ4n) is 1.57. The molecule has 1 aromatic heterocycles. The van der Waals surface area contributed by atoms with E-state index in [0.717, 1.165) is 0 Å². The van der Waals surface area contributed by atoms with E-state index >= 15 is 0 Å². The van der Waals surface area contributed by atoms with Crippen molar-refractivity contribution >= 4 is 17.4 Å². The lowest BCUT2D eigenvalue weighted by Gasteiger charge is -2.12. The zero-order chi connectivity index (χ0) is 14.5. The summed E-state index contributed by atoms with van der Waals surface area (Å²) in [6.07, 6.45) is 1.44. The number of carbonyl (C=O) groups excluding carboxylic acids is 1. The SMILES string of the molecule is Nc1ncccc1C(=O)Nc1ccccc1OC(F)F. The number of anilines is 2. The first kappa shape index (κ1) is 13.7. The van der Waals surface area contributed by atoms with Gasteiger partial charge in [-0.1, -0.05) is 12.1 Å². The maximum absolute atomic E-state index is 12.3. The number of benzene rings is 1. The number of hydrogen-bond acceptors (Lipinski definition) is 4. The van der Waals surface area contributed by atoms with E-state index in [4.69, 9.17) is 5.73 Å². The Hall–Kier alpha value is -2.70. The summed E-state index contributed by atoms with van der Waals surface area (Å²) in [6, 6.07) is 8.91. The molecule has 0 radical (unpaired) electrons. The Morgan fingerprint density at radius 2 is 2.00 bits per heavy atom. The third-order valence-corrected chi connectivity index (χ3v) is 2.43. The van der Waals surface area contributed by atoms with Crippen LogP contribution in [0.4, 0.5) is 20.3 Å². The topological polar surface area (TPSA) is 77.2 Å². The Morgan fingerprint density at radius 1 is 1.25 bits per heavy atom. The Bertz CT molecular complexity index is 620. The largest absolute Gasteiger partial charge is 0.433 e. The van der Waals surface area contributed by atoms with Crippen LogP contribution in [0, 0.1) is 0 Å². The number of aromatic nitrogens is 1. The number of ether oxygens (including phenoxy) is 1. The number of carbonyl (C=O) groups is 1. The average molecular weight is 279 g/mol. The van der Waals surface area contributed by atoms with Gasteiger partial charge >= 0.3 is 6.61 Å². The number of hydrogen-bond donors (Lipinski definition) is 2. The van der Waals surface area contributed by atoms with E-state index < -0.39 is 12.5 Å². The third-order valence-electron chi connectivity index (χ3n) is 2.43. The minimum Gasteiger partial charge on any atom is -0.433 e. The van der Waals surface area contributed by atoms with Crippen LogP contribution in [0.2, 0.25) is 0 Å². The van der Waals surface area contributed by atoms with Gasteiger partial charge in [0.15, 0.2) is 0 Å². The van der Waals surface area contributed by atoms with Gasteiger partial charge in [-0.15, -0.1) is 0 Å². The van der Waals surface area contributed by atoms with Gasteiger partial charge in [0.1, 0.15) is 11.6 Å². The van der Waals surface area contributed by atoms with E-state index in [0.29, 0.717) is 0 Å². The molecular weight excluding hydrogens is 268 g/mol. The molecule has 3 N–H and O–H groups in total. The number of amides is 1. The van der Waals surface area contributed by atoms with E-state index in [1.165, 1.54) is 30.5 Å². The number of nitrogen functional groups attached to an aromatic ring is 1.